The minimum atomic E-state index is -1.19. The first kappa shape index (κ1) is 26.3. The van der Waals surface area contributed by atoms with Gasteiger partial charge in [-0.1, -0.05) is 48.6 Å². The molecule has 0 unspecified atom stereocenters. The van der Waals surface area contributed by atoms with Crippen LogP contribution in [0.25, 0.3) is 12.2 Å². The standard InChI is InChI=1S/C31H32FNO4/c1-19-24(15-14-21-10-7-6-8-11-21)27(28(30(35)36)37-31(3,4)5)20(2)26-18-33(17-25(19)26)29(34)22-12-9-13-23(32)16-22/h6-16,28H,17-18H2,1-5H3,(H,35,36)/t28-/m0/s1. The van der Waals surface area contributed by atoms with Gasteiger partial charge in [0.1, 0.15) is 5.82 Å². The van der Waals surface area contributed by atoms with E-state index in [1.165, 1.54) is 18.2 Å². The minimum absolute atomic E-state index is 0.266. The van der Waals surface area contributed by atoms with Crippen LogP contribution < -0.4 is 0 Å². The minimum Gasteiger partial charge on any atom is -0.479 e. The molecule has 1 aliphatic heterocycles. The van der Waals surface area contributed by atoms with Crippen LogP contribution in [-0.4, -0.2) is 27.5 Å². The Kier molecular flexibility index (Phi) is 7.32. The highest BCUT2D eigenvalue weighted by Crippen LogP contribution is 2.40. The van der Waals surface area contributed by atoms with Crippen LogP contribution in [0.2, 0.25) is 0 Å². The zero-order valence-corrected chi connectivity index (χ0v) is 21.8. The van der Waals surface area contributed by atoms with E-state index in [-0.39, 0.29) is 11.5 Å². The maximum atomic E-state index is 13.8. The molecule has 37 heavy (non-hydrogen) atoms. The van der Waals surface area contributed by atoms with Crippen LogP contribution in [0.15, 0.2) is 54.6 Å². The predicted octanol–water partition coefficient (Wildman–Crippen LogP) is 6.71. The molecular weight excluding hydrogens is 469 g/mol. The smallest absolute Gasteiger partial charge is 0.337 e. The van der Waals surface area contributed by atoms with Crippen molar-refractivity contribution in [1.82, 2.24) is 4.90 Å². The molecule has 0 radical (unpaired) electrons. The molecule has 0 saturated heterocycles. The molecule has 1 N–H and O–H groups in total. The lowest BCUT2D eigenvalue weighted by Crippen LogP contribution is -2.29. The Morgan fingerprint density at radius 2 is 1.62 bits per heavy atom. The first-order chi connectivity index (χ1) is 17.5. The molecule has 6 heteroatoms. The fraction of sp³-hybridized carbons (Fsp3) is 0.290. The van der Waals surface area contributed by atoms with Gasteiger partial charge in [-0.05, 0) is 86.2 Å². The fourth-order valence-electron chi connectivity index (χ4n) is 4.88. The monoisotopic (exact) mass is 501 g/mol. The van der Waals surface area contributed by atoms with Gasteiger partial charge in [0.2, 0.25) is 0 Å². The van der Waals surface area contributed by atoms with Crippen molar-refractivity contribution < 1.29 is 23.8 Å². The molecule has 0 saturated carbocycles. The average molecular weight is 502 g/mol. The molecule has 0 fully saturated rings. The van der Waals surface area contributed by atoms with Gasteiger partial charge in [-0.15, -0.1) is 0 Å². The second-order valence-electron chi connectivity index (χ2n) is 10.4. The molecular formula is C31H32FNO4. The van der Waals surface area contributed by atoms with E-state index in [1.807, 2.05) is 77.1 Å². The van der Waals surface area contributed by atoms with Crippen LogP contribution in [0.4, 0.5) is 4.39 Å². The summed E-state index contributed by atoms with van der Waals surface area (Å²) in [6.45, 7) is 10.0. The van der Waals surface area contributed by atoms with Crippen molar-refractivity contribution in [3.8, 4) is 0 Å². The number of carboxylic acid groups (broad SMARTS) is 1. The molecule has 1 amide bonds. The van der Waals surface area contributed by atoms with Crippen LogP contribution in [0.5, 0.6) is 0 Å². The Morgan fingerprint density at radius 1 is 0.973 bits per heavy atom. The topological polar surface area (TPSA) is 66.8 Å². The number of ether oxygens (including phenoxy) is 1. The number of nitrogens with zero attached hydrogens (tertiary/aromatic N) is 1. The van der Waals surface area contributed by atoms with Gasteiger partial charge in [-0.25, -0.2) is 9.18 Å². The first-order valence-corrected chi connectivity index (χ1v) is 12.3. The Bertz CT molecular complexity index is 1370. The Labute approximate surface area is 217 Å². The fourth-order valence-corrected chi connectivity index (χ4v) is 4.88. The van der Waals surface area contributed by atoms with E-state index >= 15 is 0 Å². The highest BCUT2D eigenvalue weighted by molar-refractivity contribution is 5.95. The predicted molar refractivity (Wildman–Crippen MR) is 142 cm³/mol. The van der Waals surface area contributed by atoms with E-state index in [0.717, 1.165) is 33.4 Å². The molecule has 1 atom stereocenters. The lowest BCUT2D eigenvalue weighted by atomic mass is 9.85. The summed E-state index contributed by atoms with van der Waals surface area (Å²) in [7, 11) is 0. The number of carboxylic acids is 1. The molecule has 0 aromatic heterocycles. The second kappa shape index (κ2) is 10.3. The van der Waals surface area contributed by atoms with E-state index in [1.54, 1.807) is 11.0 Å². The molecule has 0 bridgehead atoms. The number of hydrogen-bond acceptors (Lipinski definition) is 3. The quantitative estimate of drug-likeness (QED) is 0.381. The van der Waals surface area contributed by atoms with Crippen molar-refractivity contribution in [1.29, 1.82) is 0 Å². The van der Waals surface area contributed by atoms with Gasteiger partial charge in [0.25, 0.3) is 5.91 Å². The van der Waals surface area contributed by atoms with Crippen LogP contribution in [0.3, 0.4) is 0 Å². The molecule has 192 valence electrons. The molecule has 1 aliphatic rings. The summed E-state index contributed by atoms with van der Waals surface area (Å²) in [5, 5.41) is 10.2. The number of carbonyl (C=O) groups excluding carboxylic acids is 1. The average Bonchev–Trinajstić information content (AvgIpc) is 3.30. The third-order valence-corrected chi connectivity index (χ3v) is 6.62. The lowest BCUT2D eigenvalue weighted by Gasteiger charge is -2.29. The number of amides is 1. The van der Waals surface area contributed by atoms with Gasteiger partial charge in [-0.2, -0.15) is 0 Å². The van der Waals surface area contributed by atoms with Crippen LogP contribution in [-0.2, 0) is 22.6 Å². The molecule has 0 aliphatic carbocycles. The molecule has 1 heterocycles. The van der Waals surface area contributed by atoms with Crippen LogP contribution in [0.1, 0.15) is 76.2 Å². The van der Waals surface area contributed by atoms with Gasteiger partial charge in [0.15, 0.2) is 6.10 Å². The summed E-state index contributed by atoms with van der Waals surface area (Å²) >= 11 is 0. The molecule has 3 aromatic rings. The molecule has 0 spiro atoms. The van der Waals surface area contributed by atoms with Crippen LogP contribution >= 0.6 is 0 Å². The number of benzene rings is 3. The van der Waals surface area contributed by atoms with E-state index in [9.17, 15) is 19.1 Å². The summed E-state index contributed by atoms with van der Waals surface area (Å²) in [6, 6.07) is 15.5. The van der Waals surface area contributed by atoms with E-state index in [0.29, 0.717) is 18.7 Å². The summed E-state index contributed by atoms with van der Waals surface area (Å²) in [4.78, 5) is 27.4. The Balaban J connectivity index is 1.84. The van der Waals surface area contributed by atoms with Gasteiger partial charge < -0.3 is 14.7 Å². The van der Waals surface area contributed by atoms with Crippen molar-refractivity contribution in [3.05, 3.63) is 105 Å². The summed E-state index contributed by atoms with van der Waals surface area (Å²) < 4.78 is 19.9. The van der Waals surface area contributed by atoms with E-state index in [2.05, 4.69) is 0 Å². The first-order valence-electron chi connectivity index (χ1n) is 12.3. The highest BCUT2D eigenvalue weighted by Gasteiger charge is 2.35. The maximum Gasteiger partial charge on any atom is 0.337 e. The number of rotatable bonds is 6. The number of carbonyl (C=O) groups is 2. The SMILES string of the molecule is Cc1c(C=Cc2ccccc2)c([C@H](OC(C)(C)C)C(=O)O)c(C)c2c1CN(C(=O)c1cccc(F)c1)C2. The van der Waals surface area contributed by atoms with Crippen molar-refractivity contribution in [3.63, 3.8) is 0 Å². The number of fused-ring (bicyclic) bond motifs is 1. The summed E-state index contributed by atoms with van der Waals surface area (Å²) in [5.74, 6) is -1.80. The summed E-state index contributed by atoms with van der Waals surface area (Å²) in [6.07, 6.45) is 2.71. The zero-order chi connectivity index (χ0) is 26.9. The normalized spacial score (nSPS) is 14.2. The van der Waals surface area contributed by atoms with E-state index < -0.39 is 23.5 Å². The number of hydrogen-bond donors (Lipinski definition) is 1. The van der Waals surface area contributed by atoms with Crippen molar-refractivity contribution >= 4 is 24.0 Å². The van der Waals surface area contributed by atoms with Crippen molar-refractivity contribution in [2.24, 2.45) is 0 Å². The summed E-state index contributed by atoms with van der Waals surface area (Å²) in [5.41, 5.74) is 5.53. The van der Waals surface area contributed by atoms with Gasteiger partial charge in [-0.3, -0.25) is 4.79 Å². The van der Waals surface area contributed by atoms with Gasteiger partial charge in [0.05, 0.1) is 5.60 Å². The van der Waals surface area contributed by atoms with Gasteiger partial charge in [0, 0.05) is 24.2 Å². The lowest BCUT2D eigenvalue weighted by molar-refractivity contribution is -0.160. The molecule has 5 nitrogen and oxygen atoms in total. The van der Waals surface area contributed by atoms with Crippen molar-refractivity contribution in [2.45, 2.75) is 59.4 Å². The highest BCUT2D eigenvalue weighted by atomic mass is 19.1. The number of aliphatic carboxylic acids is 1. The zero-order valence-electron chi connectivity index (χ0n) is 21.8. The molecule has 3 aromatic carbocycles. The molecule has 4 rings (SSSR count). The van der Waals surface area contributed by atoms with Crippen LogP contribution in [0, 0.1) is 19.7 Å². The van der Waals surface area contributed by atoms with E-state index in [4.69, 9.17) is 4.74 Å². The third kappa shape index (κ3) is 5.65. The number of halogens is 1. The third-order valence-electron chi connectivity index (χ3n) is 6.62. The Morgan fingerprint density at radius 3 is 2.22 bits per heavy atom. The second-order valence-corrected chi connectivity index (χ2v) is 10.4. The van der Waals surface area contributed by atoms with Crippen molar-refractivity contribution in [2.75, 3.05) is 0 Å². The maximum absolute atomic E-state index is 13.8. The largest absolute Gasteiger partial charge is 0.479 e. The van der Waals surface area contributed by atoms with Gasteiger partial charge >= 0.3 is 5.97 Å². The Hall–Kier alpha value is -3.77.